The molecular formula is C12H18FNO3S2. The maximum absolute atomic E-state index is 13.7. The van der Waals surface area contributed by atoms with Crippen molar-refractivity contribution in [1.82, 2.24) is 4.72 Å². The minimum absolute atomic E-state index is 0.225. The van der Waals surface area contributed by atoms with Crippen LogP contribution in [0.4, 0.5) is 4.39 Å². The molecule has 0 saturated heterocycles. The summed E-state index contributed by atoms with van der Waals surface area (Å²) in [5.41, 5.74) is 0.340. The highest BCUT2D eigenvalue weighted by Crippen LogP contribution is 2.17. The van der Waals surface area contributed by atoms with Crippen LogP contribution in [0, 0.1) is 5.82 Å². The molecule has 0 bridgehead atoms. The second kappa shape index (κ2) is 7.23. The van der Waals surface area contributed by atoms with Crippen molar-refractivity contribution in [3.63, 3.8) is 0 Å². The molecule has 1 rings (SSSR count). The van der Waals surface area contributed by atoms with Crippen LogP contribution < -0.4 is 4.72 Å². The average Bonchev–Trinajstić information content (AvgIpc) is 2.37. The van der Waals surface area contributed by atoms with Crippen LogP contribution in [0.1, 0.15) is 18.9 Å². The lowest BCUT2D eigenvalue weighted by Gasteiger charge is -2.16. The summed E-state index contributed by atoms with van der Waals surface area (Å²) in [5.74, 6) is -0.218. The van der Waals surface area contributed by atoms with Crippen LogP contribution in [0.2, 0.25) is 0 Å². The summed E-state index contributed by atoms with van der Waals surface area (Å²) < 4.78 is 40.4. The van der Waals surface area contributed by atoms with E-state index in [0.717, 1.165) is 6.07 Å². The summed E-state index contributed by atoms with van der Waals surface area (Å²) in [6.45, 7) is 1.54. The lowest BCUT2D eigenvalue weighted by molar-refractivity contribution is 0.281. The van der Waals surface area contributed by atoms with E-state index in [1.807, 2.05) is 13.2 Å². The number of halogens is 1. The van der Waals surface area contributed by atoms with Gasteiger partial charge in [-0.15, -0.1) is 0 Å². The molecule has 7 heteroatoms. The van der Waals surface area contributed by atoms with E-state index in [0.29, 0.717) is 17.7 Å². The largest absolute Gasteiger partial charge is 0.392 e. The molecule has 0 aromatic heterocycles. The van der Waals surface area contributed by atoms with Gasteiger partial charge in [-0.1, -0.05) is 13.0 Å². The van der Waals surface area contributed by atoms with Gasteiger partial charge in [0.1, 0.15) is 10.7 Å². The van der Waals surface area contributed by atoms with Crippen LogP contribution >= 0.6 is 11.8 Å². The van der Waals surface area contributed by atoms with Gasteiger partial charge in [-0.2, -0.15) is 11.8 Å². The highest BCUT2D eigenvalue weighted by Gasteiger charge is 2.22. The minimum atomic E-state index is -3.87. The van der Waals surface area contributed by atoms with E-state index < -0.39 is 15.8 Å². The lowest BCUT2D eigenvalue weighted by atomic mass is 10.2. The first kappa shape index (κ1) is 16.4. The van der Waals surface area contributed by atoms with Crippen LogP contribution in [-0.2, 0) is 16.6 Å². The van der Waals surface area contributed by atoms with Crippen molar-refractivity contribution in [2.75, 3.05) is 12.0 Å². The number of sulfonamides is 1. The number of nitrogens with one attached hydrogen (secondary N) is 1. The monoisotopic (exact) mass is 307 g/mol. The second-order valence-corrected chi connectivity index (χ2v) is 6.70. The molecule has 4 nitrogen and oxygen atoms in total. The molecule has 1 atom stereocenters. The third-order valence-electron chi connectivity index (χ3n) is 2.65. The molecule has 0 aliphatic rings. The standard InChI is InChI=1S/C12H18FNO3S2/c1-3-10(8-18-2)14-19(16,17)12-5-4-9(7-15)6-11(12)13/h4-6,10,14-15H,3,7-8H2,1-2H3. The second-order valence-electron chi connectivity index (χ2n) is 4.10. The maximum atomic E-state index is 13.7. The molecular weight excluding hydrogens is 289 g/mol. The zero-order valence-corrected chi connectivity index (χ0v) is 12.5. The first-order valence-corrected chi connectivity index (χ1v) is 8.72. The fourth-order valence-corrected chi connectivity index (χ4v) is 3.79. The van der Waals surface area contributed by atoms with Crippen molar-refractivity contribution >= 4 is 21.8 Å². The summed E-state index contributed by atoms with van der Waals surface area (Å²) in [6.07, 6.45) is 2.52. The summed E-state index contributed by atoms with van der Waals surface area (Å²) in [5, 5.41) is 8.87. The highest BCUT2D eigenvalue weighted by atomic mass is 32.2. The molecule has 2 N–H and O–H groups in total. The molecule has 0 spiro atoms. The molecule has 0 aliphatic heterocycles. The molecule has 0 fully saturated rings. The Morgan fingerprint density at radius 2 is 2.16 bits per heavy atom. The molecule has 1 unspecified atom stereocenters. The van der Waals surface area contributed by atoms with E-state index in [1.54, 1.807) is 0 Å². The van der Waals surface area contributed by atoms with Gasteiger partial charge in [-0.25, -0.2) is 17.5 Å². The van der Waals surface area contributed by atoms with E-state index >= 15 is 0 Å². The number of aliphatic hydroxyl groups is 1. The molecule has 0 amide bonds. The third-order valence-corrected chi connectivity index (χ3v) is 4.94. The smallest absolute Gasteiger partial charge is 0.243 e. The number of hydrogen-bond donors (Lipinski definition) is 2. The summed E-state index contributed by atoms with van der Waals surface area (Å²) in [7, 11) is -3.87. The van der Waals surface area contributed by atoms with E-state index in [4.69, 9.17) is 5.11 Å². The summed E-state index contributed by atoms with van der Waals surface area (Å²) in [4.78, 5) is -0.385. The predicted molar refractivity (Wildman–Crippen MR) is 75.1 cm³/mol. The van der Waals surface area contributed by atoms with Crippen molar-refractivity contribution < 1.29 is 17.9 Å². The number of hydrogen-bond acceptors (Lipinski definition) is 4. The van der Waals surface area contributed by atoms with Crippen LogP contribution in [0.25, 0.3) is 0 Å². The lowest BCUT2D eigenvalue weighted by Crippen LogP contribution is -2.36. The van der Waals surface area contributed by atoms with Gasteiger partial charge in [-0.3, -0.25) is 0 Å². The van der Waals surface area contributed by atoms with E-state index in [1.165, 1.54) is 23.9 Å². The van der Waals surface area contributed by atoms with Gasteiger partial charge < -0.3 is 5.11 Å². The normalized spacial score (nSPS) is 13.5. The van der Waals surface area contributed by atoms with Crippen molar-refractivity contribution in [3.05, 3.63) is 29.6 Å². The Morgan fingerprint density at radius 3 is 2.63 bits per heavy atom. The fourth-order valence-electron chi connectivity index (χ4n) is 1.58. The van der Waals surface area contributed by atoms with Gasteiger partial charge in [-0.05, 0) is 30.4 Å². The highest BCUT2D eigenvalue weighted by molar-refractivity contribution is 7.98. The first-order chi connectivity index (χ1) is 8.94. The number of aliphatic hydroxyl groups excluding tert-OH is 1. The van der Waals surface area contributed by atoms with E-state index in [2.05, 4.69) is 4.72 Å². The number of thioether (sulfide) groups is 1. The molecule has 0 saturated carbocycles. The Bertz CT molecular complexity index is 520. The topological polar surface area (TPSA) is 66.4 Å². The Kier molecular flexibility index (Phi) is 6.25. The van der Waals surface area contributed by atoms with Crippen LogP contribution in [-0.4, -0.2) is 31.6 Å². The van der Waals surface area contributed by atoms with Gasteiger partial charge in [0, 0.05) is 11.8 Å². The molecule has 108 valence electrons. The van der Waals surface area contributed by atoms with Gasteiger partial charge >= 0.3 is 0 Å². The Hall–Kier alpha value is -0.630. The fraction of sp³-hybridized carbons (Fsp3) is 0.500. The quantitative estimate of drug-likeness (QED) is 0.805. The Labute approximate surface area is 117 Å². The molecule has 0 aliphatic carbocycles. The zero-order chi connectivity index (χ0) is 14.5. The Balaban J connectivity index is 3.00. The SMILES string of the molecule is CCC(CSC)NS(=O)(=O)c1ccc(CO)cc1F. The first-order valence-electron chi connectivity index (χ1n) is 5.85. The van der Waals surface area contributed by atoms with Gasteiger partial charge in [0.05, 0.1) is 6.61 Å². The zero-order valence-electron chi connectivity index (χ0n) is 10.9. The number of rotatable bonds is 7. The minimum Gasteiger partial charge on any atom is -0.392 e. The van der Waals surface area contributed by atoms with Gasteiger partial charge in [0.15, 0.2) is 0 Å². The molecule has 0 radical (unpaired) electrons. The predicted octanol–water partition coefficient (Wildman–Crippen LogP) is 1.74. The van der Waals surface area contributed by atoms with E-state index in [9.17, 15) is 12.8 Å². The molecule has 1 aromatic carbocycles. The van der Waals surface area contributed by atoms with Crippen LogP contribution in [0.3, 0.4) is 0 Å². The van der Waals surface area contributed by atoms with Crippen molar-refractivity contribution in [3.8, 4) is 0 Å². The van der Waals surface area contributed by atoms with Crippen LogP contribution in [0.15, 0.2) is 23.1 Å². The molecule has 1 aromatic rings. The van der Waals surface area contributed by atoms with Gasteiger partial charge in [0.2, 0.25) is 10.0 Å². The number of benzene rings is 1. The molecule has 0 heterocycles. The Morgan fingerprint density at radius 1 is 1.47 bits per heavy atom. The maximum Gasteiger partial charge on any atom is 0.243 e. The summed E-state index contributed by atoms with van der Waals surface area (Å²) >= 11 is 1.53. The van der Waals surface area contributed by atoms with Crippen molar-refractivity contribution in [1.29, 1.82) is 0 Å². The summed E-state index contributed by atoms with van der Waals surface area (Å²) in [6, 6.07) is 3.38. The van der Waals surface area contributed by atoms with E-state index in [-0.39, 0.29) is 17.5 Å². The van der Waals surface area contributed by atoms with Gasteiger partial charge in [0.25, 0.3) is 0 Å². The molecule has 19 heavy (non-hydrogen) atoms. The average molecular weight is 307 g/mol. The van der Waals surface area contributed by atoms with Crippen molar-refractivity contribution in [2.45, 2.75) is 30.9 Å². The van der Waals surface area contributed by atoms with Crippen LogP contribution in [0.5, 0.6) is 0 Å². The third kappa shape index (κ3) is 4.45. The van der Waals surface area contributed by atoms with Crippen molar-refractivity contribution in [2.24, 2.45) is 0 Å².